The van der Waals surface area contributed by atoms with E-state index in [2.05, 4.69) is 15.9 Å². The first kappa shape index (κ1) is 19.7. The molecule has 0 spiro atoms. The Morgan fingerprint density at radius 2 is 1.78 bits per heavy atom. The number of benzene rings is 2. The first-order valence-corrected chi connectivity index (χ1v) is 9.53. The largest absolute Gasteiger partial charge is 0.491 e. The highest BCUT2D eigenvalue weighted by Crippen LogP contribution is 2.23. The van der Waals surface area contributed by atoms with Gasteiger partial charge in [0, 0.05) is 39.3 Å². The van der Waals surface area contributed by atoms with E-state index in [1.165, 1.54) is 7.11 Å². The number of methoxy groups -OCH3 is 1. The summed E-state index contributed by atoms with van der Waals surface area (Å²) in [6.45, 7) is 6.35. The van der Waals surface area contributed by atoms with Crippen molar-refractivity contribution in [1.29, 1.82) is 0 Å². The number of carbonyl (C=O) groups excluding carboxylic acids is 1. The topological polar surface area (TPSA) is 42.0 Å². The second-order valence-corrected chi connectivity index (χ2v) is 7.00. The van der Waals surface area contributed by atoms with E-state index >= 15 is 0 Å². The predicted molar refractivity (Wildman–Crippen MR) is 106 cm³/mol. The number of carbonyl (C=O) groups is 1. The molecule has 0 unspecified atom stereocenters. The molecule has 1 saturated heterocycles. The summed E-state index contributed by atoms with van der Waals surface area (Å²) in [5.74, 6) is 0.448. The molecule has 0 radical (unpaired) electrons. The molecule has 0 N–H and O–H groups in total. The summed E-state index contributed by atoms with van der Waals surface area (Å²) in [6.07, 6.45) is 0. The highest BCUT2D eigenvalue weighted by atomic mass is 35.5. The molecule has 0 bridgehead atoms. The fourth-order valence-corrected chi connectivity index (χ4v) is 3.38. The average Bonchev–Trinajstić information content (AvgIpc) is 2.70. The van der Waals surface area contributed by atoms with Crippen LogP contribution in [0.25, 0.3) is 0 Å². The van der Waals surface area contributed by atoms with Crippen LogP contribution in [0.4, 0.5) is 0 Å². The Morgan fingerprint density at radius 1 is 1.04 bits per heavy atom. The SMILES string of the molecule is COC(=O)c1cccc(CN2CCN(CCOc3ccccc3Cl)CC2)c1. The predicted octanol–water partition coefficient (Wildman–Crippen LogP) is 3.32. The van der Waals surface area contributed by atoms with Crippen LogP contribution in [-0.4, -0.2) is 62.2 Å². The van der Waals surface area contributed by atoms with E-state index in [0.717, 1.165) is 50.6 Å². The van der Waals surface area contributed by atoms with E-state index < -0.39 is 0 Å². The van der Waals surface area contributed by atoms with Crippen LogP contribution in [0.2, 0.25) is 5.02 Å². The van der Waals surface area contributed by atoms with Crippen molar-refractivity contribution in [3.05, 3.63) is 64.7 Å². The fourth-order valence-electron chi connectivity index (χ4n) is 3.19. The van der Waals surface area contributed by atoms with E-state index in [0.29, 0.717) is 17.2 Å². The van der Waals surface area contributed by atoms with Crippen LogP contribution in [0.1, 0.15) is 15.9 Å². The normalized spacial score (nSPS) is 15.5. The molecule has 1 fully saturated rings. The van der Waals surface area contributed by atoms with Crippen molar-refractivity contribution in [1.82, 2.24) is 9.80 Å². The number of rotatable bonds is 7. The summed E-state index contributed by atoms with van der Waals surface area (Å²) in [7, 11) is 1.41. The molecule has 5 nitrogen and oxygen atoms in total. The number of ether oxygens (including phenoxy) is 2. The second-order valence-electron chi connectivity index (χ2n) is 6.59. The molecule has 1 aliphatic heterocycles. The Hall–Kier alpha value is -2.08. The lowest BCUT2D eigenvalue weighted by Gasteiger charge is -2.34. The number of halogens is 1. The molecule has 27 heavy (non-hydrogen) atoms. The van der Waals surface area contributed by atoms with E-state index in [-0.39, 0.29) is 5.97 Å². The maximum atomic E-state index is 11.7. The molecule has 3 rings (SSSR count). The monoisotopic (exact) mass is 388 g/mol. The fraction of sp³-hybridized carbons (Fsp3) is 0.381. The zero-order chi connectivity index (χ0) is 19.1. The van der Waals surface area contributed by atoms with E-state index in [9.17, 15) is 4.79 Å². The van der Waals surface area contributed by atoms with Crippen molar-refractivity contribution in [2.24, 2.45) is 0 Å². The first-order chi connectivity index (χ1) is 13.2. The number of hydrogen-bond donors (Lipinski definition) is 0. The minimum atomic E-state index is -0.291. The molecule has 6 heteroatoms. The zero-order valence-corrected chi connectivity index (χ0v) is 16.3. The van der Waals surface area contributed by atoms with Gasteiger partial charge in [0.1, 0.15) is 12.4 Å². The molecular formula is C21H25ClN2O3. The van der Waals surface area contributed by atoms with Gasteiger partial charge in [-0.15, -0.1) is 0 Å². The lowest BCUT2D eigenvalue weighted by molar-refractivity contribution is 0.0600. The van der Waals surface area contributed by atoms with Gasteiger partial charge in [-0.2, -0.15) is 0 Å². The summed E-state index contributed by atoms with van der Waals surface area (Å²) in [4.78, 5) is 16.5. The number of para-hydroxylation sites is 1. The summed E-state index contributed by atoms with van der Waals surface area (Å²) in [5, 5.41) is 0.650. The molecule has 0 saturated carbocycles. The second kappa shape index (κ2) is 9.74. The molecular weight excluding hydrogens is 364 g/mol. The van der Waals surface area contributed by atoms with Gasteiger partial charge in [-0.1, -0.05) is 35.9 Å². The van der Waals surface area contributed by atoms with E-state index in [1.807, 2.05) is 36.4 Å². The molecule has 144 valence electrons. The minimum Gasteiger partial charge on any atom is -0.491 e. The summed E-state index contributed by atoms with van der Waals surface area (Å²) in [5.41, 5.74) is 1.73. The molecule has 1 heterocycles. The lowest BCUT2D eigenvalue weighted by Crippen LogP contribution is -2.47. The van der Waals surface area contributed by atoms with Crippen LogP contribution in [-0.2, 0) is 11.3 Å². The van der Waals surface area contributed by atoms with Crippen molar-refractivity contribution in [3.63, 3.8) is 0 Å². The zero-order valence-electron chi connectivity index (χ0n) is 15.6. The van der Waals surface area contributed by atoms with Crippen molar-refractivity contribution < 1.29 is 14.3 Å². The number of piperazine rings is 1. The van der Waals surface area contributed by atoms with Gasteiger partial charge in [0.15, 0.2) is 0 Å². The molecule has 0 aromatic heterocycles. The molecule has 2 aromatic rings. The molecule has 2 aromatic carbocycles. The van der Waals surface area contributed by atoms with Crippen LogP contribution >= 0.6 is 11.6 Å². The minimum absolute atomic E-state index is 0.291. The van der Waals surface area contributed by atoms with Crippen LogP contribution < -0.4 is 4.74 Å². The van der Waals surface area contributed by atoms with Crippen molar-refractivity contribution in [2.75, 3.05) is 46.4 Å². The maximum Gasteiger partial charge on any atom is 0.337 e. The lowest BCUT2D eigenvalue weighted by atomic mass is 10.1. The van der Waals surface area contributed by atoms with Gasteiger partial charge in [-0.3, -0.25) is 9.80 Å². The summed E-state index contributed by atoms with van der Waals surface area (Å²) < 4.78 is 10.6. The van der Waals surface area contributed by atoms with E-state index in [1.54, 1.807) is 6.07 Å². The quantitative estimate of drug-likeness (QED) is 0.680. The standard InChI is InChI=1S/C21H25ClN2O3/c1-26-21(25)18-6-4-5-17(15-18)16-24-11-9-23(10-12-24)13-14-27-20-8-3-2-7-19(20)22/h2-8,15H,9-14,16H2,1H3. The van der Waals surface area contributed by atoms with Crippen molar-refractivity contribution in [2.45, 2.75) is 6.54 Å². The van der Waals surface area contributed by atoms with E-state index in [4.69, 9.17) is 21.1 Å². The number of hydrogen-bond acceptors (Lipinski definition) is 5. The van der Waals surface area contributed by atoms with Crippen LogP contribution in [0.3, 0.4) is 0 Å². The summed E-state index contributed by atoms with van der Waals surface area (Å²) >= 11 is 6.11. The van der Waals surface area contributed by atoms with Gasteiger partial charge in [-0.25, -0.2) is 4.79 Å². The smallest absolute Gasteiger partial charge is 0.337 e. The van der Waals surface area contributed by atoms with Gasteiger partial charge < -0.3 is 9.47 Å². The van der Waals surface area contributed by atoms with Gasteiger partial charge in [0.05, 0.1) is 17.7 Å². The van der Waals surface area contributed by atoms with Crippen LogP contribution in [0.15, 0.2) is 48.5 Å². The third-order valence-corrected chi connectivity index (χ3v) is 5.03. The van der Waals surface area contributed by atoms with Gasteiger partial charge >= 0.3 is 5.97 Å². The Labute approximate surface area is 165 Å². The Kier molecular flexibility index (Phi) is 7.10. The highest BCUT2D eigenvalue weighted by Gasteiger charge is 2.17. The molecule has 1 aliphatic rings. The Bertz CT molecular complexity index is 761. The Balaban J connectivity index is 1.41. The van der Waals surface area contributed by atoms with Crippen molar-refractivity contribution in [3.8, 4) is 5.75 Å². The highest BCUT2D eigenvalue weighted by molar-refractivity contribution is 6.32. The van der Waals surface area contributed by atoms with Crippen LogP contribution in [0, 0.1) is 0 Å². The van der Waals surface area contributed by atoms with Crippen molar-refractivity contribution >= 4 is 17.6 Å². The average molecular weight is 389 g/mol. The third-order valence-electron chi connectivity index (χ3n) is 4.72. The van der Waals surface area contributed by atoms with Gasteiger partial charge in [-0.05, 0) is 29.8 Å². The first-order valence-electron chi connectivity index (χ1n) is 9.15. The molecule has 0 aliphatic carbocycles. The number of nitrogens with zero attached hydrogens (tertiary/aromatic N) is 2. The maximum absolute atomic E-state index is 11.7. The van der Waals surface area contributed by atoms with Gasteiger partial charge in [0.25, 0.3) is 0 Å². The number of esters is 1. The molecule has 0 atom stereocenters. The third kappa shape index (κ3) is 5.70. The Morgan fingerprint density at radius 3 is 2.52 bits per heavy atom. The van der Waals surface area contributed by atoms with Crippen LogP contribution in [0.5, 0.6) is 5.75 Å². The van der Waals surface area contributed by atoms with Gasteiger partial charge in [0.2, 0.25) is 0 Å². The summed E-state index contributed by atoms with van der Waals surface area (Å²) in [6, 6.07) is 15.2. The molecule has 0 amide bonds.